The third-order valence-corrected chi connectivity index (χ3v) is 6.73. The van der Waals surface area contributed by atoms with Gasteiger partial charge in [-0.1, -0.05) is 68.3 Å². The summed E-state index contributed by atoms with van der Waals surface area (Å²) in [7, 11) is 0. The number of hydrogen-bond acceptors (Lipinski definition) is 5. The number of amides is 2. The van der Waals surface area contributed by atoms with Crippen LogP contribution in [0.25, 0.3) is 11.1 Å². The largest absolute Gasteiger partial charge is 0.480 e. The molecule has 0 aromatic heterocycles. The Hall–Kier alpha value is -3.39. The molecular weight excluding hydrogens is 448 g/mol. The Bertz CT molecular complexity index is 1030. The van der Waals surface area contributed by atoms with Crippen LogP contribution in [0.5, 0.6) is 0 Å². The third-order valence-electron chi connectivity index (χ3n) is 6.73. The third kappa shape index (κ3) is 5.82. The van der Waals surface area contributed by atoms with Crippen LogP contribution in [-0.2, 0) is 19.1 Å². The van der Waals surface area contributed by atoms with Crippen molar-refractivity contribution in [2.45, 2.75) is 50.7 Å². The Morgan fingerprint density at radius 2 is 1.74 bits per heavy atom. The van der Waals surface area contributed by atoms with Crippen LogP contribution in [0, 0.1) is 5.92 Å². The molecule has 2 amide bonds. The number of ether oxygens (including phenoxy) is 2. The van der Waals surface area contributed by atoms with Gasteiger partial charge in [0.25, 0.3) is 0 Å². The number of benzene rings is 2. The van der Waals surface area contributed by atoms with Crippen molar-refractivity contribution in [2.75, 3.05) is 19.8 Å². The van der Waals surface area contributed by atoms with Gasteiger partial charge in [0.2, 0.25) is 5.91 Å². The maximum atomic E-state index is 12.5. The molecule has 1 heterocycles. The van der Waals surface area contributed by atoms with Gasteiger partial charge in [-0.3, -0.25) is 4.79 Å². The Balaban J connectivity index is 1.23. The number of carbonyl (C=O) groups is 3. The van der Waals surface area contributed by atoms with E-state index in [0.717, 1.165) is 24.0 Å². The molecule has 186 valence electrons. The molecule has 1 saturated heterocycles. The zero-order chi connectivity index (χ0) is 24.8. The number of nitrogens with one attached hydrogen (secondary N) is 2. The summed E-state index contributed by atoms with van der Waals surface area (Å²) in [6.07, 6.45) is 1.54. The summed E-state index contributed by atoms with van der Waals surface area (Å²) in [5.74, 6) is -1.80. The van der Waals surface area contributed by atoms with Crippen LogP contribution in [0.4, 0.5) is 4.79 Å². The smallest absolute Gasteiger partial charge is 0.407 e. The molecule has 35 heavy (non-hydrogen) atoms. The van der Waals surface area contributed by atoms with Crippen molar-refractivity contribution in [3.05, 3.63) is 59.7 Å². The second kappa shape index (κ2) is 11.4. The SMILES string of the molecule is CCCC[C@H](NC(=O)C1COC(CNC(=O)OCC2c3ccccc3-c3ccccc32)C1)C(=O)O. The standard InChI is InChI=1S/C27H32N2O6/c1-2-3-12-24(26(31)32)29-25(30)17-13-18(34-15-17)14-28-27(33)35-16-23-21-10-6-4-8-19(21)20-9-5-7-11-22(20)23/h4-11,17-18,23-24H,2-3,12-16H2,1H3,(H,28,33)(H,29,30)(H,31,32)/t17?,18?,24-/m0/s1. The van der Waals surface area contributed by atoms with Crippen LogP contribution >= 0.6 is 0 Å². The maximum Gasteiger partial charge on any atom is 0.407 e. The highest BCUT2D eigenvalue weighted by atomic mass is 16.5. The summed E-state index contributed by atoms with van der Waals surface area (Å²) in [4.78, 5) is 36.3. The van der Waals surface area contributed by atoms with Gasteiger partial charge in [0.1, 0.15) is 12.6 Å². The molecule has 8 nitrogen and oxygen atoms in total. The fraction of sp³-hybridized carbons (Fsp3) is 0.444. The highest BCUT2D eigenvalue weighted by Crippen LogP contribution is 2.44. The maximum absolute atomic E-state index is 12.5. The van der Waals surface area contributed by atoms with Gasteiger partial charge in [0.15, 0.2) is 0 Å². The molecule has 0 spiro atoms. The minimum absolute atomic E-state index is 0.0150. The van der Waals surface area contributed by atoms with Gasteiger partial charge in [-0.25, -0.2) is 9.59 Å². The van der Waals surface area contributed by atoms with Crippen molar-refractivity contribution in [1.82, 2.24) is 10.6 Å². The molecule has 2 aromatic rings. The van der Waals surface area contributed by atoms with Gasteiger partial charge in [-0.2, -0.15) is 0 Å². The molecule has 0 bridgehead atoms. The number of aliphatic carboxylic acids is 1. The minimum Gasteiger partial charge on any atom is -0.480 e. The number of hydrogen-bond donors (Lipinski definition) is 3. The fourth-order valence-electron chi connectivity index (χ4n) is 4.83. The summed E-state index contributed by atoms with van der Waals surface area (Å²) in [6, 6.07) is 15.4. The van der Waals surface area contributed by atoms with Crippen molar-refractivity contribution in [1.29, 1.82) is 0 Å². The van der Waals surface area contributed by atoms with Gasteiger partial charge in [-0.15, -0.1) is 0 Å². The van der Waals surface area contributed by atoms with Crippen LogP contribution in [0.1, 0.15) is 49.7 Å². The molecule has 2 unspecified atom stereocenters. The Labute approximate surface area is 205 Å². The van der Waals surface area contributed by atoms with Gasteiger partial charge in [0, 0.05) is 12.5 Å². The van der Waals surface area contributed by atoms with E-state index in [2.05, 4.69) is 34.9 Å². The van der Waals surface area contributed by atoms with Gasteiger partial charge < -0.3 is 25.2 Å². The van der Waals surface area contributed by atoms with E-state index in [0.29, 0.717) is 12.8 Å². The summed E-state index contributed by atoms with van der Waals surface area (Å²) < 4.78 is 11.2. The first kappa shape index (κ1) is 24.7. The van der Waals surface area contributed by atoms with Gasteiger partial charge in [0.05, 0.1) is 18.6 Å². The Morgan fingerprint density at radius 1 is 1.09 bits per heavy atom. The lowest BCUT2D eigenvalue weighted by Gasteiger charge is -2.17. The lowest BCUT2D eigenvalue weighted by molar-refractivity contribution is -0.142. The first-order chi connectivity index (χ1) is 17.0. The topological polar surface area (TPSA) is 114 Å². The van der Waals surface area contributed by atoms with Crippen LogP contribution < -0.4 is 10.6 Å². The first-order valence-corrected chi connectivity index (χ1v) is 12.2. The summed E-state index contributed by atoms with van der Waals surface area (Å²) in [5.41, 5.74) is 4.63. The molecule has 0 radical (unpaired) electrons. The average molecular weight is 481 g/mol. The summed E-state index contributed by atoms with van der Waals surface area (Å²) in [5, 5.41) is 14.7. The highest BCUT2D eigenvalue weighted by molar-refractivity contribution is 5.85. The second-order valence-corrected chi connectivity index (χ2v) is 9.14. The first-order valence-electron chi connectivity index (χ1n) is 12.2. The number of carboxylic acid groups (broad SMARTS) is 1. The van der Waals surface area contributed by atoms with Crippen LogP contribution in [0.3, 0.4) is 0 Å². The number of unbranched alkanes of at least 4 members (excludes halogenated alkanes) is 1. The monoisotopic (exact) mass is 480 g/mol. The fourth-order valence-corrected chi connectivity index (χ4v) is 4.83. The molecule has 0 saturated carbocycles. The van der Waals surface area contributed by atoms with Crippen LogP contribution in [0.2, 0.25) is 0 Å². The van der Waals surface area contributed by atoms with E-state index in [9.17, 15) is 19.5 Å². The van der Waals surface area contributed by atoms with Crippen molar-refractivity contribution in [2.24, 2.45) is 5.92 Å². The molecular formula is C27H32N2O6. The van der Waals surface area contributed by atoms with Crippen molar-refractivity contribution >= 4 is 18.0 Å². The molecule has 1 fully saturated rings. The predicted molar refractivity (Wildman–Crippen MR) is 130 cm³/mol. The van der Waals surface area contributed by atoms with E-state index >= 15 is 0 Å². The molecule has 4 rings (SSSR count). The van der Waals surface area contributed by atoms with E-state index in [-0.39, 0.29) is 37.7 Å². The molecule has 2 aromatic carbocycles. The summed E-state index contributed by atoms with van der Waals surface area (Å²) in [6.45, 7) is 2.62. The quantitative estimate of drug-likeness (QED) is 0.478. The number of fused-ring (bicyclic) bond motifs is 3. The van der Waals surface area contributed by atoms with Gasteiger partial charge in [-0.05, 0) is 35.1 Å². The van der Waals surface area contributed by atoms with E-state index in [4.69, 9.17) is 9.47 Å². The number of carbonyl (C=O) groups excluding carboxylic acids is 2. The van der Waals surface area contributed by atoms with Crippen LogP contribution in [0.15, 0.2) is 48.5 Å². The lowest BCUT2D eigenvalue weighted by atomic mass is 9.98. The Kier molecular flexibility index (Phi) is 8.02. The second-order valence-electron chi connectivity index (χ2n) is 9.14. The normalized spacial score (nSPS) is 19.5. The average Bonchev–Trinajstić information content (AvgIpc) is 3.47. The van der Waals surface area contributed by atoms with Crippen molar-refractivity contribution in [3.63, 3.8) is 0 Å². The Morgan fingerprint density at radius 3 is 2.37 bits per heavy atom. The zero-order valence-electron chi connectivity index (χ0n) is 19.9. The van der Waals surface area contributed by atoms with Crippen molar-refractivity contribution in [3.8, 4) is 11.1 Å². The molecule has 1 aliphatic carbocycles. The minimum atomic E-state index is -1.03. The zero-order valence-corrected chi connectivity index (χ0v) is 19.9. The van der Waals surface area contributed by atoms with Gasteiger partial charge >= 0.3 is 12.1 Å². The molecule has 3 atom stereocenters. The lowest BCUT2D eigenvalue weighted by Crippen LogP contribution is -2.44. The number of alkyl carbamates (subject to hydrolysis) is 1. The van der Waals surface area contributed by atoms with E-state index in [1.807, 2.05) is 31.2 Å². The number of rotatable bonds is 10. The summed E-state index contributed by atoms with van der Waals surface area (Å²) >= 11 is 0. The van der Waals surface area contributed by atoms with Crippen LogP contribution in [-0.4, -0.2) is 55.0 Å². The number of carboxylic acids is 1. The highest BCUT2D eigenvalue weighted by Gasteiger charge is 2.33. The van der Waals surface area contributed by atoms with Crippen molar-refractivity contribution < 1.29 is 29.0 Å². The molecule has 2 aliphatic rings. The molecule has 3 N–H and O–H groups in total. The molecule has 8 heteroatoms. The van der Waals surface area contributed by atoms with E-state index in [1.165, 1.54) is 11.1 Å². The molecule has 1 aliphatic heterocycles. The predicted octanol–water partition coefficient (Wildman–Crippen LogP) is 3.69. The van der Waals surface area contributed by atoms with E-state index < -0.39 is 24.0 Å². The van der Waals surface area contributed by atoms with E-state index in [1.54, 1.807) is 0 Å².